The van der Waals surface area contributed by atoms with Crippen molar-refractivity contribution in [2.75, 3.05) is 12.4 Å². The van der Waals surface area contributed by atoms with Crippen molar-refractivity contribution in [2.45, 2.75) is 18.9 Å². The average Bonchev–Trinajstić information content (AvgIpc) is 3.77. The number of ether oxygens (including phenoxy) is 2. The molecule has 7 heteroatoms. The maximum absolute atomic E-state index is 13.8. The average molecular weight is 535 g/mol. The van der Waals surface area contributed by atoms with E-state index in [0.717, 1.165) is 12.0 Å². The SMILES string of the molecule is COc1ccccc1Oc1ccc(NC(=O)[C@@H](Cc2ccccc2)N2C(=O)[C@@H]3[C@@H]4C=C[C@H]([C@H]5C[C@@H]45)[C@@H]3C2=O)cc1. The summed E-state index contributed by atoms with van der Waals surface area (Å²) in [6.45, 7) is 0. The summed E-state index contributed by atoms with van der Waals surface area (Å²) in [4.78, 5) is 42.7. The summed E-state index contributed by atoms with van der Waals surface area (Å²) < 4.78 is 11.3. The number of hydrogen-bond acceptors (Lipinski definition) is 5. The first kappa shape index (κ1) is 24.6. The molecule has 1 N–H and O–H groups in total. The first-order valence-corrected chi connectivity index (χ1v) is 13.8. The highest BCUT2D eigenvalue weighted by Gasteiger charge is 2.67. The molecule has 7 atom stereocenters. The molecule has 5 aliphatic rings. The van der Waals surface area contributed by atoms with E-state index in [2.05, 4.69) is 17.5 Å². The molecule has 1 aliphatic heterocycles. The van der Waals surface area contributed by atoms with Crippen LogP contribution in [0.4, 0.5) is 5.69 Å². The minimum Gasteiger partial charge on any atom is -0.493 e. The normalized spacial score (nSPS) is 28.1. The van der Waals surface area contributed by atoms with E-state index in [1.54, 1.807) is 31.4 Å². The molecule has 1 saturated heterocycles. The molecule has 3 aromatic carbocycles. The van der Waals surface area contributed by atoms with E-state index in [1.165, 1.54) is 4.90 Å². The Bertz CT molecular complexity index is 1460. The largest absolute Gasteiger partial charge is 0.493 e. The highest BCUT2D eigenvalue weighted by molar-refractivity contribution is 6.10. The van der Waals surface area contributed by atoms with E-state index < -0.39 is 6.04 Å². The second-order valence-corrected chi connectivity index (χ2v) is 11.2. The first-order valence-electron chi connectivity index (χ1n) is 13.8. The van der Waals surface area contributed by atoms with Crippen LogP contribution in [0.1, 0.15) is 12.0 Å². The quantitative estimate of drug-likeness (QED) is 0.322. The summed E-state index contributed by atoms with van der Waals surface area (Å²) in [7, 11) is 1.58. The minimum atomic E-state index is -0.937. The lowest BCUT2D eigenvalue weighted by molar-refractivity contribution is -0.146. The molecule has 40 heavy (non-hydrogen) atoms. The number of allylic oxidation sites excluding steroid dienone is 2. The number of amides is 3. The van der Waals surface area contributed by atoms with Gasteiger partial charge in [-0.3, -0.25) is 19.3 Å². The van der Waals surface area contributed by atoms with Crippen LogP contribution in [-0.4, -0.2) is 35.8 Å². The van der Waals surface area contributed by atoms with Gasteiger partial charge in [0.2, 0.25) is 17.7 Å². The van der Waals surface area contributed by atoms with Crippen LogP contribution in [0, 0.1) is 35.5 Å². The van der Waals surface area contributed by atoms with Gasteiger partial charge in [-0.05, 0) is 72.1 Å². The third-order valence-corrected chi connectivity index (χ3v) is 9.00. The number of anilines is 1. The molecule has 3 aromatic rings. The monoisotopic (exact) mass is 534 g/mol. The molecule has 3 amide bonds. The number of methoxy groups -OCH3 is 1. The third kappa shape index (κ3) is 4.08. The molecule has 0 unspecified atom stereocenters. The number of nitrogens with zero attached hydrogens (tertiary/aromatic N) is 1. The summed E-state index contributed by atoms with van der Waals surface area (Å²) >= 11 is 0. The van der Waals surface area contributed by atoms with Crippen LogP contribution in [0.2, 0.25) is 0 Å². The molecular weight excluding hydrogens is 504 g/mol. The number of carbonyl (C=O) groups is 3. The molecule has 8 rings (SSSR count). The summed E-state index contributed by atoms with van der Waals surface area (Å²) in [5.41, 5.74) is 1.44. The topological polar surface area (TPSA) is 84.9 Å². The maximum atomic E-state index is 13.8. The van der Waals surface area contributed by atoms with Crippen LogP contribution >= 0.6 is 0 Å². The van der Waals surface area contributed by atoms with Crippen molar-refractivity contribution in [3.63, 3.8) is 0 Å². The number of para-hydroxylation sites is 2. The van der Waals surface area contributed by atoms with E-state index in [0.29, 0.717) is 34.8 Å². The van der Waals surface area contributed by atoms with Crippen molar-refractivity contribution < 1.29 is 23.9 Å². The number of rotatable bonds is 8. The summed E-state index contributed by atoms with van der Waals surface area (Å²) in [5.74, 6) is 1.54. The van der Waals surface area contributed by atoms with Gasteiger partial charge in [0.05, 0.1) is 18.9 Å². The predicted molar refractivity (Wildman–Crippen MR) is 149 cm³/mol. The molecular formula is C33H30N2O5. The molecule has 0 aromatic heterocycles. The Morgan fingerprint density at radius 1 is 0.850 bits per heavy atom. The Kier molecular flexibility index (Phi) is 5.95. The molecule has 2 saturated carbocycles. The molecule has 7 nitrogen and oxygen atoms in total. The highest BCUT2D eigenvalue weighted by Crippen LogP contribution is 2.65. The summed E-state index contributed by atoms with van der Waals surface area (Å²) in [5, 5.41) is 2.95. The van der Waals surface area contributed by atoms with Gasteiger partial charge < -0.3 is 14.8 Å². The van der Waals surface area contributed by atoms with Gasteiger partial charge in [-0.1, -0.05) is 54.6 Å². The third-order valence-electron chi connectivity index (χ3n) is 9.00. The number of imide groups is 1. The number of benzene rings is 3. The maximum Gasteiger partial charge on any atom is 0.248 e. The zero-order chi connectivity index (χ0) is 27.4. The fraction of sp³-hybridized carbons (Fsp3) is 0.303. The van der Waals surface area contributed by atoms with Crippen LogP contribution in [-0.2, 0) is 20.8 Å². The lowest BCUT2D eigenvalue weighted by Crippen LogP contribution is -2.49. The standard InChI is InChI=1S/C33H30N2O5/c1-39-27-9-5-6-10-28(27)40-21-13-11-20(12-14-21)34-31(36)26(17-19-7-3-2-4-8-19)35-32(37)29-22-15-16-23(25-18-24(22)25)30(29)33(35)38/h2-16,22-26,29-30H,17-18H2,1H3,(H,34,36)/t22-,23-,24-,25+,26-,29+,30-/m1/s1. The van der Waals surface area contributed by atoms with Gasteiger partial charge in [0.15, 0.2) is 11.5 Å². The van der Waals surface area contributed by atoms with Crippen molar-refractivity contribution in [3.8, 4) is 17.2 Å². The van der Waals surface area contributed by atoms with Gasteiger partial charge in [0.25, 0.3) is 0 Å². The van der Waals surface area contributed by atoms with Gasteiger partial charge in [-0.25, -0.2) is 0 Å². The van der Waals surface area contributed by atoms with Crippen LogP contribution in [0.15, 0.2) is 91.0 Å². The van der Waals surface area contributed by atoms with Crippen molar-refractivity contribution in [1.29, 1.82) is 0 Å². The van der Waals surface area contributed by atoms with Crippen molar-refractivity contribution >= 4 is 23.4 Å². The molecule has 1 heterocycles. The van der Waals surface area contributed by atoms with E-state index in [-0.39, 0.29) is 47.8 Å². The zero-order valence-corrected chi connectivity index (χ0v) is 22.1. The van der Waals surface area contributed by atoms with Gasteiger partial charge in [0.1, 0.15) is 11.8 Å². The van der Waals surface area contributed by atoms with Crippen LogP contribution in [0.25, 0.3) is 0 Å². The van der Waals surface area contributed by atoms with E-state index in [1.807, 2.05) is 54.6 Å². The van der Waals surface area contributed by atoms with Crippen LogP contribution in [0.5, 0.6) is 17.2 Å². The van der Waals surface area contributed by atoms with Crippen molar-refractivity contribution in [1.82, 2.24) is 4.90 Å². The number of carbonyl (C=O) groups excluding carboxylic acids is 3. The lowest BCUT2D eigenvalue weighted by atomic mass is 9.63. The summed E-state index contributed by atoms with van der Waals surface area (Å²) in [6.07, 6.45) is 5.65. The fourth-order valence-corrected chi connectivity index (χ4v) is 7.09. The Labute approximate surface area is 232 Å². The van der Waals surface area contributed by atoms with Crippen molar-refractivity contribution in [2.24, 2.45) is 35.5 Å². The van der Waals surface area contributed by atoms with Crippen LogP contribution < -0.4 is 14.8 Å². The van der Waals surface area contributed by atoms with E-state index in [9.17, 15) is 14.4 Å². The fourth-order valence-electron chi connectivity index (χ4n) is 7.09. The number of nitrogens with one attached hydrogen (secondary N) is 1. The smallest absolute Gasteiger partial charge is 0.248 e. The highest BCUT2D eigenvalue weighted by atomic mass is 16.5. The minimum absolute atomic E-state index is 0.109. The van der Waals surface area contributed by atoms with E-state index in [4.69, 9.17) is 9.47 Å². The number of likely N-dealkylation sites (tertiary alicyclic amines) is 1. The Morgan fingerprint density at radius 2 is 1.45 bits per heavy atom. The molecule has 202 valence electrons. The Balaban J connectivity index is 1.13. The van der Waals surface area contributed by atoms with Gasteiger partial charge in [-0.2, -0.15) is 0 Å². The zero-order valence-electron chi connectivity index (χ0n) is 22.1. The van der Waals surface area contributed by atoms with Gasteiger partial charge in [-0.15, -0.1) is 0 Å². The first-order chi connectivity index (χ1) is 19.5. The van der Waals surface area contributed by atoms with Crippen LogP contribution in [0.3, 0.4) is 0 Å². The summed E-state index contributed by atoms with van der Waals surface area (Å²) in [6, 6.07) is 23.0. The second-order valence-electron chi connectivity index (χ2n) is 11.2. The van der Waals surface area contributed by atoms with Crippen molar-refractivity contribution in [3.05, 3.63) is 96.6 Å². The predicted octanol–water partition coefficient (Wildman–Crippen LogP) is 5.09. The molecule has 0 spiro atoms. The Hall–Kier alpha value is -4.39. The Morgan fingerprint density at radius 3 is 2.08 bits per heavy atom. The molecule has 3 fully saturated rings. The van der Waals surface area contributed by atoms with Gasteiger partial charge >= 0.3 is 0 Å². The molecule has 0 radical (unpaired) electrons. The van der Waals surface area contributed by atoms with E-state index >= 15 is 0 Å². The molecule has 2 bridgehead atoms. The molecule has 4 aliphatic carbocycles. The van der Waals surface area contributed by atoms with Gasteiger partial charge in [0, 0.05) is 12.1 Å². The second kappa shape index (κ2) is 9.66. The number of hydrogen-bond donors (Lipinski definition) is 1. The lowest BCUT2D eigenvalue weighted by Gasteiger charge is -2.37.